The fourth-order valence-corrected chi connectivity index (χ4v) is 2.40. The lowest BCUT2D eigenvalue weighted by Gasteiger charge is -2.22. The standard InChI is InChI=1S/C14H18O2/c1-10(2)14-4-3-13(15)8-12(14)7-11-5-6-16-9-11/h5-6,9-10H,3-4,7-8H2,1-2H3. The largest absolute Gasteiger partial charge is 0.472 e. The van der Waals surface area contributed by atoms with E-state index in [1.54, 1.807) is 12.5 Å². The lowest BCUT2D eigenvalue weighted by molar-refractivity contribution is -0.118. The lowest BCUT2D eigenvalue weighted by atomic mass is 9.82. The Kier molecular flexibility index (Phi) is 3.28. The minimum absolute atomic E-state index is 0.378. The molecule has 0 aliphatic heterocycles. The molecule has 1 aliphatic carbocycles. The van der Waals surface area contributed by atoms with Crippen LogP contribution >= 0.6 is 0 Å². The molecule has 1 aromatic heterocycles. The number of allylic oxidation sites excluding steroid dienone is 2. The highest BCUT2D eigenvalue weighted by atomic mass is 16.3. The summed E-state index contributed by atoms with van der Waals surface area (Å²) in [5.74, 6) is 0.929. The molecule has 16 heavy (non-hydrogen) atoms. The zero-order chi connectivity index (χ0) is 11.5. The summed E-state index contributed by atoms with van der Waals surface area (Å²) in [7, 11) is 0. The van der Waals surface area contributed by atoms with Gasteiger partial charge in [-0.15, -0.1) is 0 Å². The Morgan fingerprint density at radius 1 is 1.38 bits per heavy atom. The lowest BCUT2D eigenvalue weighted by Crippen LogP contribution is -2.14. The number of furan rings is 1. The Morgan fingerprint density at radius 2 is 2.19 bits per heavy atom. The number of hydrogen-bond acceptors (Lipinski definition) is 2. The zero-order valence-electron chi connectivity index (χ0n) is 9.95. The summed E-state index contributed by atoms with van der Waals surface area (Å²) in [5.41, 5.74) is 3.95. The monoisotopic (exact) mass is 218 g/mol. The SMILES string of the molecule is CC(C)C1=C(Cc2ccoc2)CC(=O)CC1. The summed E-state index contributed by atoms with van der Waals surface area (Å²) < 4.78 is 5.07. The molecule has 0 bridgehead atoms. The van der Waals surface area contributed by atoms with Gasteiger partial charge in [0, 0.05) is 12.8 Å². The Balaban J connectivity index is 2.22. The molecule has 1 aliphatic rings. The van der Waals surface area contributed by atoms with Gasteiger partial charge in [-0.1, -0.05) is 25.0 Å². The second-order valence-electron chi connectivity index (χ2n) is 4.81. The van der Waals surface area contributed by atoms with Crippen LogP contribution in [0.1, 0.15) is 38.7 Å². The number of carbonyl (C=O) groups is 1. The summed E-state index contributed by atoms with van der Waals surface area (Å²) in [5, 5.41) is 0. The molecule has 2 nitrogen and oxygen atoms in total. The Morgan fingerprint density at radius 3 is 2.81 bits per heavy atom. The minimum atomic E-state index is 0.378. The number of carbonyl (C=O) groups excluding carboxylic acids is 1. The van der Waals surface area contributed by atoms with E-state index in [9.17, 15) is 4.79 Å². The highest BCUT2D eigenvalue weighted by molar-refractivity contribution is 5.82. The van der Waals surface area contributed by atoms with Crippen LogP contribution in [-0.4, -0.2) is 5.78 Å². The third-order valence-electron chi connectivity index (χ3n) is 3.23. The highest BCUT2D eigenvalue weighted by Gasteiger charge is 2.20. The molecule has 0 aromatic carbocycles. The van der Waals surface area contributed by atoms with Crippen molar-refractivity contribution in [2.45, 2.75) is 39.5 Å². The first-order valence-electron chi connectivity index (χ1n) is 5.90. The van der Waals surface area contributed by atoms with Crippen molar-refractivity contribution in [1.29, 1.82) is 0 Å². The first-order chi connectivity index (χ1) is 7.66. The summed E-state index contributed by atoms with van der Waals surface area (Å²) in [6, 6.07) is 1.98. The molecule has 0 fully saturated rings. The van der Waals surface area contributed by atoms with Crippen LogP contribution in [0.2, 0.25) is 0 Å². The van der Waals surface area contributed by atoms with Crippen LogP contribution in [0.5, 0.6) is 0 Å². The van der Waals surface area contributed by atoms with Crippen molar-refractivity contribution in [2.24, 2.45) is 5.92 Å². The van der Waals surface area contributed by atoms with Crippen molar-refractivity contribution in [1.82, 2.24) is 0 Å². The molecule has 0 amide bonds. The number of hydrogen-bond donors (Lipinski definition) is 0. The van der Waals surface area contributed by atoms with Gasteiger partial charge < -0.3 is 4.42 Å². The third-order valence-corrected chi connectivity index (χ3v) is 3.23. The molecule has 0 N–H and O–H groups in total. The Bertz CT molecular complexity index is 396. The maximum atomic E-state index is 11.5. The molecule has 0 unspecified atom stereocenters. The molecule has 0 saturated heterocycles. The molecule has 0 atom stereocenters. The predicted molar refractivity (Wildman–Crippen MR) is 63.1 cm³/mol. The van der Waals surface area contributed by atoms with Crippen LogP contribution in [0.4, 0.5) is 0 Å². The number of rotatable bonds is 3. The van der Waals surface area contributed by atoms with Gasteiger partial charge in [0.05, 0.1) is 12.5 Å². The van der Waals surface area contributed by atoms with Crippen molar-refractivity contribution in [3.8, 4) is 0 Å². The molecular formula is C14H18O2. The van der Waals surface area contributed by atoms with E-state index in [0.717, 1.165) is 19.3 Å². The van der Waals surface area contributed by atoms with Crippen LogP contribution in [0.15, 0.2) is 34.2 Å². The Hall–Kier alpha value is -1.31. The van der Waals surface area contributed by atoms with Gasteiger partial charge in [-0.25, -0.2) is 0 Å². The van der Waals surface area contributed by atoms with E-state index in [1.807, 2.05) is 6.07 Å². The van der Waals surface area contributed by atoms with E-state index in [4.69, 9.17) is 4.42 Å². The summed E-state index contributed by atoms with van der Waals surface area (Å²) >= 11 is 0. The molecule has 1 heterocycles. The van der Waals surface area contributed by atoms with Gasteiger partial charge in [0.15, 0.2) is 0 Å². The van der Waals surface area contributed by atoms with Gasteiger partial charge in [0.1, 0.15) is 5.78 Å². The first-order valence-corrected chi connectivity index (χ1v) is 5.90. The summed E-state index contributed by atoms with van der Waals surface area (Å²) in [6.07, 6.45) is 6.64. The van der Waals surface area contributed by atoms with Gasteiger partial charge in [-0.2, -0.15) is 0 Å². The molecule has 2 heteroatoms. The normalized spacial score (nSPS) is 17.3. The van der Waals surface area contributed by atoms with Crippen LogP contribution in [-0.2, 0) is 11.2 Å². The van der Waals surface area contributed by atoms with Crippen molar-refractivity contribution >= 4 is 5.78 Å². The van der Waals surface area contributed by atoms with Crippen LogP contribution in [0.25, 0.3) is 0 Å². The topological polar surface area (TPSA) is 30.2 Å². The summed E-state index contributed by atoms with van der Waals surface area (Å²) in [6.45, 7) is 4.42. The van der Waals surface area contributed by atoms with Gasteiger partial charge in [0.25, 0.3) is 0 Å². The maximum absolute atomic E-state index is 11.5. The van der Waals surface area contributed by atoms with E-state index in [0.29, 0.717) is 18.1 Å². The third kappa shape index (κ3) is 2.43. The second-order valence-corrected chi connectivity index (χ2v) is 4.81. The molecule has 2 rings (SSSR count). The van der Waals surface area contributed by atoms with Crippen LogP contribution in [0, 0.1) is 5.92 Å². The van der Waals surface area contributed by atoms with Gasteiger partial charge >= 0.3 is 0 Å². The zero-order valence-corrected chi connectivity index (χ0v) is 9.95. The molecule has 0 radical (unpaired) electrons. The molecule has 0 spiro atoms. The minimum Gasteiger partial charge on any atom is -0.472 e. The summed E-state index contributed by atoms with van der Waals surface area (Å²) in [4.78, 5) is 11.5. The fraction of sp³-hybridized carbons (Fsp3) is 0.500. The molecule has 0 saturated carbocycles. The van der Waals surface area contributed by atoms with E-state index in [2.05, 4.69) is 13.8 Å². The molecular weight excluding hydrogens is 200 g/mol. The van der Waals surface area contributed by atoms with Crippen molar-refractivity contribution < 1.29 is 9.21 Å². The van der Waals surface area contributed by atoms with E-state index >= 15 is 0 Å². The average Bonchev–Trinajstić information content (AvgIpc) is 2.70. The average molecular weight is 218 g/mol. The van der Waals surface area contributed by atoms with Crippen LogP contribution < -0.4 is 0 Å². The number of Topliss-reactive ketones (excluding diaryl/α,β-unsaturated/α-hetero) is 1. The van der Waals surface area contributed by atoms with E-state index in [-0.39, 0.29) is 0 Å². The Labute approximate surface area is 96.3 Å². The van der Waals surface area contributed by atoms with Gasteiger partial charge in [-0.05, 0) is 30.4 Å². The number of ketones is 1. The van der Waals surface area contributed by atoms with E-state index < -0.39 is 0 Å². The maximum Gasteiger partial charge on any atom is 0.137 e. The predicted octanol–water partition coefficient (Wildman–Crippen LogP) is 3.53. The molecule has 86 valence electrons. The van der Waals surface area contributed by atoms with Crippen molar-refractivity contribution in [3.05, 3.63) is 35.3 Å². The molecule has 1 aromatic rings. The van der Waals surface area contributed by atoms with Gasteiger partial charge in [-0.3, -0.25) is 4.79 Å². The first kappa shape index (κ1) is 11.2. The van der Waals surface area contributed by atoms with Crippen molar-refractivity contribution in [2.75, 3.05) is 0 Å². The van der Waals surface area contributed by atoms with Crippen LogP contribution in [0.3, 0.4) is 0 Å². The van der Waals surface area contributed by atoms with Crippen molar-refractivity contribution in [3.63, 3.8) is 0 Å². The second kappa shape index (κ2) is 4.69. The van der Waals surface area contributed by atoms with E-state index in [1.165, 1.54) is 16.7 Å². The highest BCUT2D eigenvalue weighted by Crippen LogP contribution is 2.30. The van der Waals surface area contributed by atoms with Gasteiger partial charge in [0.2, 0.25) is 0 Å². The fourth-order valence-electron chi connectivity index (χ4n) is 2.40. The smallest absolute Gasteiger partial charge is 0.137 e. The quantitative estimate of drug-likeness (QED) is 0.726.